The molecule has 1 unspecified atom stereocenters. The number of nitrogens with zero attached hydrogens (tertiary/aromatic N) is 3. The lowest BCUT2D eigenvalue weighted by Gasteiger charge is -2.22. The second-order valence-electron chi connectivity index (χ2n) is 5.74. The van der Waals surface area contributed by atoms with Crippen molar-refractivity contribution in [1.82, 2.24) is 20.3 Å². The highest BCUT2D eigenvalue weighted by atomic mass is 16.3. The first-order valence-electron chi connectivity index (χ1n) is 7.22. The number of carbonyl (C=O) groups excluding carboxylic acids is 1. The Labute approximate surface area is 117 Å². The van der Waals surface area contributed by atoms with Crippen LogP contribution in [0.5, 0.6) is 0 Å². The van der Waals surface area contributed by atoms with Crippen molar-refractivity contribution in [1.29, 1.82) is 0 Å². The second-order valence-corrected chi connectivity index (χ2v) is 5.74. The van der Waals surface area contributed by atoms with E-state index in [1.165, 1.54) is 24.6 Å². The molecule has 20 heavy (non-hydrogen) atoms. The smallest absolute Gasteiger partial charge is 0.226 e. The molecule has 1 aromatic heterocycles. The first-order valence-corrected chi connectivity index (χ1v) is 7.22. The number of nitrogens with one attached hydrogen (secondary N) is 1. The molecule has 1 aliphatic carbocycles. The molecule has 0 radical (unpaired) electrons. The number of carbonyl (C=O) groups is 1. The van der Waals surface area contributed by atoms with E-state index in [0.717, 1.165) is 12.8 Å². The number of hydrogen-bond acceptors (Lipinski definition) is 4. The van der Waals surface area contributed by atoms with Crippen molar-refractivity contribution in [3.8, 4) is 0 Å². The molecule has 2 N–H and O–H groups in total. The van der Waals surface area contributed by atoms with Gasteiger partial charge in [-0.3, -0.25) is 4.79 Å². The number of β-amino-alcohol motifs (C(OH)–C–C–N with tert-alkyl or cyclic N) is 1. The number of rotatable bonds is 3. The third kappa shape index (κ3) is 2.60. The molecule has 2 aliphatic rings. The molecule has 2 heterocycles. The average Bonchev–Trinajstić information content (AvgIpc) is 3.10. The fourth-order valence-corrected chi connectivity index (χ4v) is 3.01. The van der Waals surface area contributed by atoms with Gasteiger partial charge in [0.15, 0.2) is 0 Å². The number of aromatic nitrogens is 3. The number of allylic oxidation sites excluding steroid dienone is 1. The molecule has 1 aliphatic heterocycles. The minimum absolute atomic E-state index is 0.109. The van der Waals surface area contributed by atoms with Crippen LogP contribution in [0.25, 0.3) is 0 Å². The maximum atomic E-state index is 12.3. The highest BCUT2D eigenvalue weighted by molar-refractivity contribution is 5.79. The maximum absolute atomic E-state index is 12.3. The van der Waals surface area contributed by atoms with Crippen molar-refractivity contribution in [2.24, 2.45) is 0 Å². The van der Waals surface area contributed by atoms with Crippen molar-refractivity contribution < 1.29 is 9.90 Å². The zero-order valence-corrected chi connectivity index (χ0v) is 11.5. The summed E-state index contributed by atoms with van der Waals surface area (Å²) in [5.41, 5.74) is 0.715. The molecule has 1 atom stereocenters. The quantitative estimate of drug-likeness (QED) is 0.810. The summed E-state index contributed by atoms with van der Waals surface area (Å²) >= 11 is 0. The molecular weight excluding hydrogens is 256 g/mol. The summed E-state index contributed by atoms with van der Waals surface area (Å²) in [6.45, 7) is 0.890. The van der Waals surface area contributed by atoms with E-state index < -0.39 is 5.60 Å². The van der Waals surface area contributed by atoms with Gasteiger partial charge in [0.2, 0.25) is 5.91 Å². The van der Waals surface area contributed by atoms with E-state index in [4.69, 9.17) is 0 Å². The Morgan fingerprint density at radius 1 is 1.50 bits per heavy atom. The number of likely N-dealkylation sites (tertiary alicyclic amines) is 1. The van der Waals surface area contributed by atoms with Gasteiger partial charge in [0.25, 0.3) is 0 Å². The van der Waals surface area contributed by atoms with Crippen molar-refractivity contribution in [3.63, 3.8) is 0 Å². The van der Waals surface area contributed by atoms with Gasteiger partial charge < -0.3 is 10.0 Å². The molecule has 6 heteroatoms. The summed E-state index contributed by atoms with van der Waals surface area (Å²) in [5, 5.41) is 20.7. The second kappa shape index (κ2) is 5.36. The normalized spacial score (nSPS) is 26.6. The lowest BCUT2D eigenvalue weighted by Crippen LogP contribution is -2.34. The molecular formula is C14H20N4O2. The summed E-state index contributed by atoms with van der Waals surface area (Å²) < 4.78 is 0. The molecule has 1 saturated heterocycles. The third-order valence-corrected chi connectivity index (χ3v) is 4.26. The summed E-state index contributed by atoms with van der Waals surface area (Å²) in [4.78, 5) is 14.0. The molecule has 1 fully saturated rings. The SMILES string of the molecule is O=C(CC1=CCCCC1)N1CCC(O)(c2cn[nH]n2)C1. The summed E-state index contributed by atoms with van der Waals surface area (Å²) in [6, 6.07) is 0. The Morgan fingerprint density at radius 2 is 2.40 bits per heavy atom. The predicted octanol–water partition coefficient (Wildman–Crippen LogP) is 1.12. The molecule has 1 amide bonds. The zero-order chi connectivity index (χ0) is 14.0. The lowest BCUT2D eigenvalue weighted by molar-refractivity contribution is -0.130. The highest BCUT2D eigenvalue weighted by Gasteiger charge is 2.41. The Bertz CT molecular complexity index is 511. The molecule has 0 aromatic carbocycles. The fraction of sp³-hybridized carbons (Fsp3) is 0.643. The monoisotopic (exact) mass is 276 g/mol. The standard InChI is InChI=1S/C14H20N4O2/c19-13(8-11-4-2-1-3-5-11)18-7-6-14(20,10-18)12-9-15-17-16-12/h4,9,20H,1-3,5-8,10H2,(H,15,16,17). The fourth-order valence-electron chi connectivity index (χ4n) is 3.01. The van der Waals surface area contributed by atoms with E-state index in [1.54, 1.807) is 4.90 Å². The van der Waals surface area contributed by atoms with Gasteiger partial charge in [0.05, 0.1) is 12.7 Å². The van der Waals surface area contributed by atoms with Crippen molar-refractivity contribution in [3.05, 3.63) is 23.5 Å². The molecule has 0 spiro atoms. The number of amides is 1. The van der Waals surface area contributed by atoms with Crippen LogP contribution in [-0.4, -0.2) is 44.4 Å². The van der Waals surface area contributed by atoms with Gasteiger partial charge in [0, 0.05) is 19.4 Å². The van der Waals surface area contributed by atoms with Crippen LogP contribution in [0.4, 0.5) is 0 Å². The lowest BCUT2D eigenvalue weighted by atomic mass is 9.97. The largest absolute Gasteiger partial charge is 0.381 e. The molecule has 6 nitrogen and oxygen atoms in total. The van der Waals surface area contributed by atoms with E-state index >= 15 is 0 Å². The minimum Gasteiger partial charge on any atom is -0.381 e. The maximum Gasteiger partial charge on any atom is 0.226 e. The predicted molar refractivity (Wildman–Crippen MR) is 72.6 cm³/mol. The highest BCUT2D eigenvalue weighted by Crippen LogP contribution is 2.31. The van der Waals surface area contributed by atoms with Gasteiger partial charge in [-0.2, -0.15) is 15.4 Å². The van der Waals surface area contributed by atoms with Gasteiger partial charge in [-0.1, -0.05) is 11.6 Å². The first-order chi connectivity index (χ1) is 9.67. The van der Waals surface area contributed by atoms with Gasteiger partial charge in [-0.05, 0) is 25.7 Å². The Kier molecular flexibility index (Phi) is 3.56. The molecule has 0 bridgehead atoms. The van der Waals surface area contributed by atoms with E-state index in [0.29, 0.717) is 31.6 Å². The Morgan fingerprint density at radius 3 is 3.10 bits per heavy atom. The van der Waals surface area contributed by atoms with Gasteiger partial charge in [0.1, 0.15) is 11.3 Å². The van der Waals surface area contributed by atoms with Crippen LogP contribution in [0.2, 0.25) is 0 Å². The van der Waals surface area contributed by atoms with Gasteiger partial charge >= 0.3 is 0 Å². The summed E-state index contributed by atoms with van der Waals surface area (Å²) in [6.07, 6.45) is 9.27. The summed E-state index contributed by atoms with van der Waals surface area (Å²) in [7, 11) is 0. The van der Waals surface area contributed by atoms with Crippen molar-refractivity contribution >= 4 is 5.91 Å². The number of aromatic amines is 1. The van der Waals surface area contributed by atoms with Crippen LogP contribution in [-0.2, 0) is 10.4 Å². The average molecular weight is 276 g/mol. The molecule has 1 aromatic rings. The zero-order valence-electron chi connectivity index (χ0n) is 11.5. The van der Waals surface area contributed by atoms with Crippen LogP contribution in [0.3, 0.4) is 0 Å². The van der Waals surface area contributed by atoms with Crippen molar-refractivity contribution in [2.45, 2.75) is 44.1 Å². The van der Waals surface area contributed by atoms with Crippen LogP contribution >= 0.6 is 0 Å². The van der Waals surface area contributed by atoms with Crippen LogP contribution in [0, 0.1) is 0 Å². The van der Waals surface area contributed by atoms with E-state index in [1.807, 2.05) is 0 Å². The Hall–Kier alpha value is -1.69. The minimum atomic E-state index is -1.05. The number of aliphatic hydroxyl groups is 1. The Balaban J connectivity index is 1.62. The van der Waals surface area contributed by atoms with Crippen LogP contribution < -0.4 is 0 Å². The first kappa shape index (κ1) is 13.3. The van der Waals surface area contributed by atoms with Crippen LogP contribution in [0.15, 0.2) is 17.8 Å². The third-order valence-electron chi connectivity index (χ3n) is 4.26. The molecule has 108 valence electrons. The number of hydrogen-bond donors (Lipinski definition) is 2. The van der Waals surface area contributed by atoms with E-state index in [2.05, 4.69) is 21.5 Å². The topological polar surface area (TPSA) is 82.1 Å². The molecule has 3 rings (SSSR count). The number of H-pyrrole nitrogens is 1. The van der Waals surface area contributed by atoms with E-state index in [-0.39, 0.29) is 5.91 Å². The van der Waals surface area contributed by atoms with Crippen LogP contribution in [0.1, 0.15) is 44.2 Å². The summed E-state index contributed by atoms with van der Waals surface area (Å²) in [5.74, 6) is 0.109. The molecule has 0 saturated carbocycles. The van der Waals surface area contributed by atoms with Crippen molar-refractivity contribution in [2.75, 3.05) is 13.1 Å². The van der Waals surface area contributed by atoms with Gasteiger partial charge in [-0.25, -0.2) is 0 Å². The van der Waals surface area contributed by atoms with E-state index in [9.17, 15) is 9.90 Å². The van der Waals surface area contributed by atoms with Gasteiger partial charge in [-0.15, -0.1) is 0 Å².